The van der Waals surface area contributed by atoms with Crippen LogP contribution in [0.15, 0.2) is 36.4 Å². The molecule has 4 heteroatoms. The lowest BCUT2D eigenvalue weighted by molar-refractivity contribution is 0.0954. The second-order valence-corrected chi connectivity index (χ2v) is 6.82. The fraction of sp³-hybridized carbons (Fsp3) is 0.312. The predicted octanol–water partition coefficient (Wildman–Crippen LogP) is 4.25. The minimum absolute atomic E-state index is 0.0232. The molecule has 0 radical (unpaired) electrons. The van der Waals surface area contributed by atoms with E-state index in [1.807, 2.05) is 0 Å². The first-order valence-electron chi connectivity index (χ1n) is 6.85. The molecule has 3 rings (SSSR count). The predicted molar refractivity (Wildman–Crippen MR) is 83.8 cm³/mol. The van der Waals surface area contributed by atoms with Gasteiger partial charge in [0, 0.05) is 12.5 Å². The fourth-order valence-electron chi connectivity index (χ4n) is 2.81. The van der Waals surface area contributed by atoms with Crippen molar-refractivity contribution in [3.05, 3.63) is 56.7 Å². The summed E-state index contributed by atoms with van der Waals surface area (Å²) in [5.74, 6) is 0.407. The molecule has 104 valence electrons. The van der Waals surface area contributed by atoms with Crippen LogP contribution < -0.4 is 5.32 Å². The minimum atomic E-state index is -0.0232. The van der Waals surface area contributed by atoms with E-state index in [4.69, 9.17) is 11.6 Å². The quantitative estimate of drug-likeness (QED) is 0.902. The summed E-state index contributed by atoms with van der Waals surface area (Å²) in [6.45, 7) is 0.700. The molecule has 1 amide bonds. The van der Waals surface area contributed by atoms with Crippen molar-refractivity contribution < 1.29 is 4.79 Å². The van der Waals surface area contributed by atoms with Crippen molar-refractivity contribution in [2.24, 2.45) is 0 Å². The smallest absolute Gasteiger partial charge is 0.261 e. The van der Waals surface area contributed by atoms with E-state index < -0.39 is 0 Å². The van der Waals surface area contributed by atoms with Gasteiger partial charge in [-0.05, 0) is 42.5 Å². The average Bonchev–Trinajstić information content (AvgIpc) is 2.91. The molecular formula is C16H16ClNOS. The summed E-state index contributed by atoms with van der Waals surface area (Å²) in [4.78, 5) is 12.7. The molecule has 0 spiro atoms. The Morgan fingerprint density at radius 3 is 2.95 bits per heavy atom. The maximum absolute atomic E-state index is 12.1. The van der Waals surface area contributed by atoms with Crippen molar-refractivity contribution in [2.45, 2.75) is 25.2 Å². The van der Waals surface area contributed by atoms with Gasteiger partial charge in [0.05, 0.1) is 9.21 Å². The van der Waals surface area contributed by atoms with Crippen molar-refractivity contribution in [1.29, 1.82) is 0 Å². The van der Waals surface area contributed by atoms with E-state index >= 15 is 0 Å². The van der Waals surface area contributed by atoms with Crippen LogP contribution in [0.2, 0.25) is 4.34 Å². The SMILES string of the molecule is O=C(NCC1CCCc2ccccc21)c1ccc(Cl)s1. The molecule has 1 aromatic carbocycles. The van der Waals surface area contributed by atoms with Gasteiger partial charge in [-0.15, -0.1) is 11.3 Å². The normalized spacial score (nSPS) is 17.6. The lowest BCUT2D eigenvalue weighted by Crippen LogP contribution is -2.29. The zero-order valence-corrected chi connectivity index (χ0v) is 12.6. The van der Waals surface area contributed by atoms with Gasteiger partial charge in [0.25, 0.3) is 5.91 Å². The third kappa shape index (κ3) is 2.89. The highest BCUT2D eigenvalue weighted by atomic mass is 35.5. The fourth-order valence-corrected chi connectivity index (χ4v) is 3.77. The first kappa shape index (κ1) is 13.7. The summed E-state index contributed by atoms with van der Waals surface area (Å²) < 4.78 is 0.651. The third-order valence-corrected chi connectivity index (χ3v) is 5.03. The first-order chi connectivity index (χ1) is 9.74. The van der Waals surface area contributed by atoms with Crippen LogP contribution in [0.5, 0.6) is 0 Å². The van der Waals surface area contributed by atoms with Gasteiger partial charge in [-0.3, -0.25) is 4.79 Å². The highest BCUT2D eigenvalue weighted by Crippen LogP contribution is 2.31. The Balaban J connectivity index is 1.66. The largest absolute Gasteiger partial charge is 0.351 e. The van der Waals surface area contributed by atoms with E-state index in [0.717, 1.165) is 12.8 Å². The number of thiophene rings is 1. The minimum Gasteiger partial charge on any atom is -0.351 e. The zero-order chi connectivity index (χ0) is 13.9. The van der Waals surface area contributed by atoms with Crippen LogP contribution >= 0.6 is 22.9 Å². The molecule has 0 saturated carbocycles. The molecule has 1 N–H and O–H groups in total. The summed E-state index contributed by atoms with van der Waals surface area (Å²) in [6.07, 6.45) is 3.49. The van der Waals surface area contributed by atoms with Crippen LogP contribution in [-0.4, -0.2) is 12.5 Å². The number of amides is 1. The van der Waals surface area contributed by atoms with E-state index in [2.05, 4.69) is 29.6 Å². The average molecular weight is 306 g/mol. The molecule has 1 heterocycles. The summed E-state index contributed by atoms with van der Waals surface area (Å²) >= 11 is 7.18. The highest BCUT2D eigenvalue weighted by Gasteiger charge is 2.20. The number of fused-ring (bicyclic) bond motifs is 1. The van der Waals surface area contributed by atoms with Crippen molar-refractivity contribution >= 4 is 28.8 Å². The van der Waals surface area contributed by atoms with Crippen molar-refractivity contribution in [2.75, 3.05) is 6.54 Å². The van der Waals surface area contributed by atoms with Gasteiger partial charge in [0.1, 0.15) is 0 Å². The molecule has 0 fully saturated rings. The van der Waals surface area contributed by atoms with Crippen molar-refractivity contribution in [3.8, 4) is 0 Å². The summed E-state index contributed by atoms with van der Waals surface area (Å²) in [7, 11) is 0. The second kappa shape index (κ2) is 5.98. The monoisotopic (exact) mass is 305 g/mol. The van der Waals surface area contributed by atoms with Crippen LogP contribution in [0, 0.1) is 0 Å². The number of halogens is 1. The molecule has 1 aliphatic rings. The lowest BCUT2D eigenvalue weighted by Gasteiger charge is -2.25. The van der Waals surface area contributed by atoms with E-state index in [9.17, 15) is 4.79 Å². The standard InChI is InChI=1S/C16H16ClNOS/c17-15-9-8-14(20-15)16(19)18-10-12-6-3-5-11-4-1-2-7-13(11)12/h1-2,4,7-9,12H,3,5-6,10H2,(H,18,19). The van der Waals surface area contributed by atoms with E-state index in [1.165, 1.54) is 28.9 Å². The van der Waals surface area contributed by atoms with Crippen LogP contribution in [-0.2, 0) is 6.42 Å². The molecule has 0 saturated heterocycles. The van der Waals surface area contributed by atoms with Gasteiger partial charge >= 0.3 is 0 Å². The van der Waals surface area contributed by atoms with E-state index in [0.29, 0.717) is 21.7 Å². The Bertz CT molecular complexity index is 622. The Morgan fingerprint density at radius 1 is 1.30 bits per heavy atom. The number of nitrogens with one attached hydrogen (secondary N) is 1. The third-order valence-electron chi connectivity index (χ3n) is 3.80. The molecular weight excluding hydrogens is 290 g/mol. The topological polar surface area (TPSA) is 29.1 Å². The summed E-state index contributed by atoms with van der Waals surface area (Å²) in [5.41, 5.74) is 2.82. The number of carbonyl (C=O) groups is 1. The number of rotatable bonds is 3. The first-order valence-corrected chi connectivity index (χ1v) is 8.05. The Morgan fingerprint density at radius 2 is 2.15 bits per heavy atom. The molecule has 1 aliphatic carbocycles. The number of aryl methyl sites for hydroxylation is 1. The lowest BCUT2D eigenvalue weighted by atomic mass is 9.83. The zero-order valence-electron chi connectivity index (χ0n) is 11.1. The number of hydrogen-bond donors (Lipinski definition) is 1. The molecule has 20 heavy (non-hydrogen) atoms. The summed E-state index contributed by atoms with van der Waals surface area (Å²) in [6, 6.07) is 12.1. The van der Waals surface area contributed by atoms with Gasteiger partial charge in [-0.25, -0.2) is 0 Å². The Hall–Kier alpha value is -1.32. The van der Waals surface area contributed by atoms with Crippen LogP contribution in [0.4, 0.5) is 0 Å². The number of benzene rings is 1. The molecule has 2 aromatic rings. The number of carbonyl (C=O) groups excluding carboxylic acids is 1. The highest BCUT2D eigenvalue weighted by molar-refractivity contribution is 7.17. The second-order valence-electron chi connectivity index (χ2n) is 5.10. The molecule has 0 bridgehead atoms. The van der Waals surface area contributed by atoms with Crippen LogP contribution in [0.1, 0.15) is 39.6 Å². The van der Waals surface area contributed by atoms with Gasteiger partial charge in [-0.1, -0.05) is 35.9 Å². The Labute approximate surface area is 127 Å². The van der Waals surface area contributed by atoms with Gasteiger partial charge in [0.15, 0.2) is 0 Å². The van der Waals surface area contributed by atoms with E-state index in [-0.39, 0.29) is 5.91 Å². The maximum atomic E-state index is 12.1. The van der Waals surface area contributed by atoms with Crippen molar-refractivity contribution in [3.63, 3.8) is 0 Å². The van der Waals surface area contributed by atoms with Crippen LogP contribution in [0.25, 0.3) is 0 Å². The Kier molecular flexibility index (Phi) is 4.08. The van der Waals surface area contributed by atoms with Crippen LogP contribution in [0.3, 0.4) is 0 Å². The maximum Gasteiger partial charge on any atom is 0.261 e. The van der Waals surface area contributed by atoms with E-state index in [1.54, 1.807) is 12.1 Å². The van der Waals surface area contributed by atoms with Gasteiger partial charge in [-0.2, -0.15) is 0 Å². The molecule has 1 unspecified atom stereocenters. The molecule has 1 aromatic heterocycles. The van der Waals surface area contributed by atoms with Gasteiger partial charge < -0.3 is 5.32 Å². The van der Waals surface area contributed by atoms with Crippen molar-refractivity contribution in [1.82, 2.24) is 5.32 Å². The number of hydrogen-bond acceptors (Lipinski definition) is 2. The molecule has 2 nitrogen and oxygen atoms in total. The molecule has 1 atom stereocenters. The van der Waals surface area contributed by atoms with Gasteiger partial charge in [0.2, 0.25) is 0 Å². The summed E-state index contributed by atoms with van der Waals surface area (Å²) in [5, 5.41) is 3.04. The molecule has 0 aliphatic heterocycles.